The van der Waals surface area contributed by atoms with Crippen molar-refractivity contribution in [2.24, 2.45) is 0 Å². The molecule has 0 aromatic carbocycles. The minimum atomic E-state index is -1.64. The fraction of sp³-hybridized carbons (Fsp3) is 0.833. The number of alkyl halides is 3. The molecule has 0 aromatic rings. The monoisotopic (exact) mass is 218 g/mol. The molecule has 11 heavy (non-hydrogen) atoms. The molecule has 0 aromatic heterocycles. The molecule has 1 unspecified atom stereocenters. The second kappa shape index (κ2) is 4.39. The predicted octanol–water partition coefficient (Wildman–Crippen LogP) is 2.35. The van der Waals surface area contributed by atoms with Crippen molar-refractivity contribution in [1.82, 2.24) is 0 Å². The molecule has 0 saturated carbocycles. The van der Waals surface area contributed by atoms with Gasteiger partial charge in [0.15, 0.2) is 0 Å². The molecule has 0 saturated heterocycles. The Kier molecular flexibility index (Phi) is 4.52. The van der Waals surface area contributed by atoms with Gasteiger partial charge in [-0.15, -0.1) is 11.6 Å². The van der Waals surface area contributed by atoms with Crippen LogP contribution in [0.25, 0.3) is 0 Å². The first-order valence-corrected chi connectivity index (χ1v) is 4.31. The molecule has 0 aliphatic carbocycles. The maximum atomic E-state index is 10.9. The van der Waals surface area contributed by atoms with Crippen LogP contribution < -0.4 is 0 Å². The maximum absolute atomic E-state index is 10.9. The summed E-state index contributed by atoms with van der Waals surface area (Å²) in [7, 11) is 0. The van der Waals surface area contributed by atoms with Crippen molar-refractivity contribution in [3.05, 3.63) is 0 Å². The molecule has 0 amide bonds. The fourth-order valence-corrected chi connectivity index (χ4v) is 0.588. The molecule has 66 valence electrons. The molecule has 0 bridgehead atoms. The summed E-state index contributed by atoms with van der Waals surface area (Å²) >= 11 is 16.7. The zero-order chi connectivity index (χ0) is 9.07. The zero-order valence-electron chi connectivity index (χ0n) is 6.23. The molecule has 0 rings (SSSR count). The first-order valence-electron chi connectivity index (χ1n) is 3.12. The molecular formula is C6H9Cl3O2. The number of ether oxygens (including phenoxy) is 1. The van der Waals surface area contributed by atoms with E-state index in [2.05, 4.69) is 4.74 Å². The van der Waals surface area contributed by atoms with Crippen LogP contribution >= 0.6 is 34.8 Å². The second-order valence-corrected chi connectivity index (χ2v) is 4.00. The van der Waals surface area contributed by atoms with E-state index in [4.69, 9.17) is 34.8 Å². The SMILES string of the molecule is CCOC(=O)C(Cl)(Cl)C(C)Cl. The standard InChI is InChI=1S/C6H9Cl3O2/c1-3-11-5(10)6(8,9)4(2)7/h4H,3H2,1-2H3. The minimum absolute atomic E-state index is 0.240. The lowest BCUT2D eigenvalue weighted by atomic mass is 10.3. The Morgan fingerprint density at radius 1 is 1.64 bits per heavy atom. The molecule has 0 spiro atoms. The predicted molar refractivity (Wildman–Crippen MR) is 46.4 cm³/mol. The molecule has 5 heteroatoms. The van der Waals surface area contributed by atoms with Gasteiger partial charge in [0.1, 0.15) is 0 Å². The van der Waals surface area contributed by atoms with Crippen LogP contribution in [0.15, 0.2) is 0 Å². The topological polar surface area (TPSA) is 26.3 Å². The summed E-state index contributed by atoms with van der Waals surface area (Å²) in [6, 6.07) is 0. The van der Waals surface area contributed by atoms with E-state index in [1.807, 2.05) is 0 Å². The van der Waals surface area contributed by atoms with E-state index in [0.717, 1.165) is 0 Å². The minimum Gasteiger partial charge on any atom is -0.464 e. The summed E-state index contributed by atoms with van der Waals surface area (Å²) in [5, 5.41) is -0.676. The van der Waals surface area contributed by atoms with E-state index in [-0.39, 0.29) is 6.61 Å². The quantitative estimate of drug-likeness (QED) is 0.538. The second-order valence-electron chi connectivity index (χ2n) is 1.96. The van der Waals surface area contributed by atoms with Gasteiger partial charge in [-0.1, -0.05) is 23.2 Å². The number of hydrogen-bond acceptors (Lipinski definition) is 2. The normalized spacial score (nSPS) is 14.3. The molecule has 0 aliphatic heterocycles. The van der Waals surface area contributed by atoms with Gasteiger partial charge in [-0.2, -0.15) is 0 Å². The lowest BCUT2D eigenvalue weighted by Crippen LogP contribution is -2.35. The first kappa shape index (κ1) is 11.3. The summed E-state index contributed by atoms with van der Waals surface area (Å²) < 4.78 is 2.94. The Balaban J connectivity index is 4.18. The van der Waals surface area contributed by atoms with Gasteiger partial charge in [0.2, 0.25) is 4.33 Å². The smallest absolute Gasteiger partial charge is 0.344 e. The highest BCUT2D eigenvalue weighted by molar-refractivity contribution is 6.60. The molecule has 0 radical (unpaired) electrons. The lowest BCUT2D eigenvalue weighted by Gasteiger charge is -2.19. The highest BCUT2D eigenvalue weighted by Crippen LogP contribution is 2.30. The van der Waals surface area contributed by atoms with Crippen LogP contribution in [0, 0.1) is 0 Å². The van der Waals surface area contributed by atoms with E-state index in [1.165, 1.54) is 6.92 Å². The number of halogens is 3. The summed E-state index contributed by atoms with van der Waals surface area (Å²) in [4.78, 5) is 10.9. The summed E-state index contributed by atoms with van der Waals surface area (Å²) in [5.74, 6) is -0.703. The van der Waals surface area contributed by atoms with Gasteiger partial charge in [0.05, 0.1) is 12.0 Å². The van der Waals surface area contributed by atoms with Gasteiger partial charge in [-0.05, 0) is 13.8 Å². The lowest BCUT2D eigenvalue weighted by molar-refractivity contribution is -0.143. The van der Waals surface area contributed by atoms with Crippen LogP contribution in [-0.2, 0) is 9.53 Å². The molecule has 0 aliphatic rings. The van der Waals surface area contributed by atoms with Crippen molar-refractivity contribution in [3.8, 4) is 0 Å². The summed E-state index contributed by atoms with van der Waals surface area (Å²) in [5.41, 5.74) is 0. The van der Waals surface area contributed by atoms with Crippen molar-refractivity contribution in [3.63, 3.8) is 0 Å². The van der Waals surface area contributed by atoms with Gasteiger partial charge >= 0.3 is 5.97 Å². The molecular weight excluding hydrogens is 210 g/mol. The van der Waals surface area contributed by atoms with E-state index in [1.54, 1.807) is 6.92 Å². The van der Waals surface area contributed by atoms with E-state index >= 15 is 0 Å². The number of rotatable bonds is 3. The largest absolute Gasteiger partial charge is 0.464 e. The zero-order valence-corrected chi connectivity index (χ0v) is 8.50. The molecule has 0 heterocycles. The van der Waals surface area contributed by atoms with Crippen molar-refractivity contribution >= 4 is 40.8 Å². The highest BCUT2D eigenvalue weighted by atomic mass is 35.5. The van der Waals surface area contributed by atoms with Crippen LogP contribution in [-0.4, -0.2) is 22.3 Å². The van der Waals surface area contributed by atoms with Crippen LogP contribution in [0.2, 0.25) is 0 Å². The Bertz CT molecular complexity index is 145. The summed E-state index contributed by atoms with van der Waals surface area (Å²) in [6.07, 6.45) is 0. The van der Waals surface area contributed by atoms with Crippen LogP contribution in [0.4, 0.5) is 0 Å². The Morgan fingerprint density at radius 2 is 2.09 bits per heavy atom. The molecule has 1 atom stereocenters. The van der Waals surface area contributed by atoms with E-state index in [9.17, 15) is 4.79 Å². The van der Waals surface area contributed by atoms with Crippen LogP contribution in [0.3, 0.4) is 0 Å². The molecule has 0 fully saturated rings. The van der Waals surface area contributed by atoms with Gasteiger partial charge in [-0.25, -0.2) is 4.79 Å². The van der Waals surface area contributed by atoms with Crippen LogP contribution in [0.1, 0.15) is 13.8 Å². The van der Waals surface area contributed by atoms with Crippen molar-refractivity contribution < 1.29 is 9.53 Å². The fourth-order valence-electron chi connectivity index (χ4n) is 0.390. The molecule has 0 N–H and O–H groups in total. The van der Waals surface area contributed by atoms with Gasteiger partial charge in [-0.3, -0.25) is 0 Å². The average Bonchev–Trinajstić information content (AvgIpc) is 1.88. The Hall–Kier alpha value is 0.340. The van der Waals surface area contributed by atoms with Crippen molar-refractivity contribution in [2.45, 2.75) is 23.6 Å². The van der Waals surface area contributed by atoms with Crippen LogP contribution in [0.5, 0.6) is 0 Å². The van der Waals surface area contributed by atoms with E-state index < -0.39 is 15.7 Å². The highest BCUT2D eigenvalue weighted by Gasteiger charge is 2.40. The number of hydrogen-bond donors (Lipinski definition) is 0. The average molecular weight is 219 g/mol. The van der Waals surface area contributed by atoms with Crippen molar-refractivity contribution in [1.29, 1.82) is 0 Å². The van der Waals surface area contributed by atoms with E-state index in [0.29, 0.717) is 0 Å². The third-order valence-electron chi connectivity index (χ3n) is 1.05. The number of carbonyl (C=O) groups is 1. The van der Waals surface area contributed by atoms with Crippen molar-refractivity contribution in [2.75, 3.05) is 6.61 Å². The Morgan fingerprint density at radius 3 is 2.36 bits per heavy atom. The molecule has 2 nitrogen and oxygen atoms in total. The van der Waals surface area contributed by atoms with Gasteiger partial charge in [0.25, 0.3) is 0 Å². The van der Waals surface area contributed by atoms with Gasteiger partial charge in [0, 0.05) is 0 Å². The summed E-state index contributed by atoms with van der Waals surface area (Å²) in [6.45, 7) is 3.43. The number of carbonyl (C=O) groups excluding carboxylic acids is 1. The third-order valence-corrected chi connectivity index (χ3v) is 2.56. The number of esters is 1. The first-order chi connectivity index (χ1) is 4.92. The Labute approximate surface area is 80.7 Å². The van der Waals surface area contributed by atoms with Gasteiger partial charge < -0.3 is 4.74 Å². The third kappa shape index (κ3) is 3.06. The maximum Gasteiger partial charge on any atom is 0.344 e.